The SMILES string of the molecule is COc1ccc2cc1OCCN(C(=O)c1cccc(C#N)c1)Cc1cc(CN3CCOCC3)cc(c1)-n1ccnc1-2. The van der Waals surface area contributed by atoms with Crippen LogP contribution < -0.4 is 9.47 Å². The summed E-state index contributed by atoms with van der Waals surface area (Å²) in [5.41, 5.74) is 4.93. The molecule has 2 aliphatic heterocycles. The van der Waals surface area contributed by atoms with Crippen LogP contribution in [0.15, 0.2) is 73.1 Å². The molecule has 3 aromatic carbocycles. The Morgan fingerprint density at radius 2 is 1.93 bits per heavy atom. The molecule has 3 heterocycles. The molecule has 0 saturated carbocycles. The third-order valence-electron chi connectivity index (χ3n) is 7.41. The molecule has 0 spiro atoms. The highest BCUT2D eigenvalue weighted by molar-refractivity contribution is 5.94. The smallest absolute Gasteiger partial charge is 0.254 e. The summed E-state index contributed by atoms with van der Waals surface area (Å²) in [7, 11) is 1.61. The van der Waals surface area contributed by atoms with E-state index in [4.69, 9.17) is 14.2 Å². The minimum Gasteiger partial charge on any atom is -0.493 e. The van der Waals surface area contributed by atoms with E-state index < -0.39 is 0 Å². The van der Waals surface area contributed by atoms with Gasteiger partial charge in [-0.1, -0.05) is 12.1 Å². The Morgan fingerprint density at radius 3 is 2.76 bits per heavy atom. The number of amides is 1. The van der Waals surface area contributed by atoms with Gasteiger partial charge in [0, 0.05) is 55.4 Å². The normalized spacial score (nSPS) is 15.4. The second-order valence-corrected chi connectivity index (χ2v) is 10.2. The predicted octanol–water partition coefficient (Wildman–Crippen LogP) is 4.29. The van der Waals surface area contributed by atoms with Crippen LogP contribution in [-0.4, -0.2) is 71.8 Å². The molecule has 0 unspecified atom stereocenters. The molecule has 208 valence electrons. The van der Waals surface area contributed by atoms with Gasteiger partial charge in [0.05, 0.1) is 38.5 Å². The zero-order chi connectivity index (χ0) is 28.2. The number of carbonyl (C=O) groups excluding carboxylic acids is 1. The Balaban J connectivity index is 1.45. The highest BCUT2D eigenvalue weighted by Crippen LogP contribution is 2.33. The van der Waals surface area contributed by atoms with Crippen molar-refractivity contribution in [1.29, 1.82) is 5.26 Å². The van der Waals surface area contributed by atoms with Crippen molar-refractivity contribution in [3.8, 4) is 34.6 Å². The number of morpholine rings is 1. The van der Waals surface area contributed by atoms with Gasteiger partial charge in [0.2, 0.25) is 0 Å². The first-order valence-corrected chi connectivity index (χ1v) is 13.7. The van der Waals surface area contributed by atoms with Crippen LogP contribution in [0.4, 0.5) is 0 Å². The van der Waals surface area contributed by atoms with Gasteiger partial charge in [0.25, 0.3) is 5.91 Å². The number of rotatable bonds is 4. The predicted molar refractivity (Wildman–Crippen MR) is 153 cm³/mol. The summed E-state index contributed by atoms with van der Waals surface area (Å²) in [6.07, 6.45) is 3.74. The Bertz CT molecular complexity index is 1600. The highest BCUT2D eigenvalue weighted by Gasteiger charge is 2.21. The average molecular weight is 550 g/mol. The zero-order valence-electron chi connectivity index (χ0n) is 23.0. The van der Waals surface area contributed by atoms with Crippen molar-refractivity contribution in [2.45, 2.75) is 13.1 Å². The van der Waals surface area contributed by atoms with Crippen LogP contribution >= 0.6 is 0 Å². The van der Waals surface area contributed by atoms with Gasteiger partial charge in [-0.15, -0.1) is 0 Å². The summed E-state index contributed by atoms with van der Waals surface area (Å²) in [4.78, 5) is 22.6. The van der Waals surface area contributed by atoms with Crippen molar-refractivity contribution < 1.29 is 19.0 Å². The molecule has 1 aromatic heterocycles. The number of ether oxygens (including phenoxy) is 3. The molecule has 0 N–H and O–H groups in total. The van der Waals surface area contributed by atoms with Crippen LogP contribution in [0.5, 0.6) is 11.5 Å². The fraction of sp³-hybridized carbons (Fsp3) is 0.281. The van der Waals surface area contributed by atoms with E-state index in [1.807, 2.05) is 24.4 Å². The van der Waals surface area contributed by atoms with Gasteiger partial charge in [-0.05, 0) is 59.7 Å². The van der Waals surface area contributed by atoms with Gasteiger partial charge in [0.15, 0.2) is 11.5 Å². The number of hydrogen-bond acceptors (Lipinski definition) is 7. The number of fused-ring (bicyclic) bond motifs is 7. The molecule has 6 rings (SSSR count). The fourth-order valence-corrected chi connectivity index (χ4v) is 5.38. The molecule has 0 radical (unpaired) electrons. The van der Waals surface area contributed by atoms with Crippen LogP contribution in [0.1, 0.15) is 27.0 Å². The third kappa shape index (κ3) is 5.80. The molecule has 2 aliphatic rings. The van der Waals surface area contributed by atoms with Crippen LogP contribution in [0.2, 0.25) is 0 Å². The minimum absolute atomic E-state index is 0.162. The zero-order valence-corrected chi connectivity index (χ0v) is 23.0. The first kappa shape index (κ1) is 26.6. The maximum Gasteiger partial charge on any atom is 0.254 e. The van der Waals surface area contributed by atoms with Gasteiger partial charge in [-0.3, -0.25) is 14.3 Å². The molecule has 41 heavy (non-hydrogen) atoms. The quantitative estimate of drug-likeness (QED) is 0.375. The Morgan fingerprint density at radius 1 is 1.05 bits per heavy atom. The van der Waals surface area contributed by atoms with Crippen LogP contribution in [0.25, 0.3) is 17.1 Å². The maximum atomic E-state index is 13.8. The Hall–Kier alpha value is -4.65. The standard InChI is InChI=1S/C32H31N5O4/c1-39-29-6-5-26-19-30(29)41-14-11-36(32(38)27-4-2-3-23(16-27)20-33)22-25-15-24(21-35-9-12-40-13-10-35)17-28(18-25)37-8-7-34-31(26)37/h2-8,15-19H,9-14,21-22H2,1H3. The number of nitriles is 1. The molecule has 1 saturated heterocycles. The molecular formula is C32H31N5O4. The van der Waals surface area contributed by atoms with Crippen molar-refractivity contribution in [3.63, 3.8) is 0 Å². The monoisotopic (exact) mass is 549 g/mol. The van der Waals surface area contributed by atoms with Crippen LogP contribution in [0.3, 0.4) is 0 Å². The van der Waals surface area contributed by atoms with Gasteiger partial charge in [-0.25, -0.2) is 4.98 Å². The van der Waals surface area contributed by atoms with Crippen molar-refractivity contribution in [1.82, 2.24) is 19.4 Å². The summed E-state index contributed by atoms with van der Waals surface area (Å²) in [5.74, 6) is 1.81. The molecule has 1 amide bonds. The second kappa shape index (κ2) is 11.8. The van der Waals surface area contributed by atoms with Gasteiger partial charge in [-0.2, -0.15) is 5.26 Å². The van der Waals surface area contributed by atoms with E-state index >= 15 is 0 Å². The van der Waals surface area contributed by atoms with Crippen molar-refractivity contribution in [3.05, 3.63) is 95.3 Å². The van der Waals surface area contributed by atoms with E-state index in [1.54, 1.807) is 42.5 Å². The first-order chi connectivity index (χ1) is 20.1. The number of benzene rings is 3. The van der Waals surface area contributed by atoms with Crippen molar-refractivity contribution in [2.75, 3.05) is 46.6 Å². The van der Waals surface area contributed by atoms with E-state index in [0.29, 0.717) is 35.7 Å². The molecule has 9 heteroatoms. The van der Waals surface area contributed by atoms with E-state index in [-0.39, 0.29) is 12.5 Å². The lowest BCUT2D eigenvalue weighted by Crippen LogP contribution is -2.36. The first-order valence-electron chi connectivity index (χ1n) is 13.7. The van der Waals surface area contributed by atoms with Gasteiger partial charge >= 0.3 is 0 Å². The number of imidazole rings is 1. The van der Waals surface area contributed by atoms with Crippen LogP contribution in [0, 0.1) is 11.3 Å². The minimum atomic E-state index is -0.162. The lowest BCUT2D eigenvalue weighted by molar-refractivity contribution is 0.0341. The molecule has 0 atom stereocenters. The van der Waals surface area contributed by atoms with E-state index in [9.17, 15) is 10.1 Å². The Labute approximate surface area is 239 Å². The molecular weight excluding hydrogens is 518 g/mol. The lowest BCUT2D eigenvalue weighted by Gasteiger charge is -2.27. The van der Waals surface area contributed by atoms with Crippen LogP contribution in [-0.2, 0) is 17.8 Å². The summed E-state index contributed by atoms with van der Waals surface area (Å²) in [6, 6.07) is 21.2. The summed E-state index contributed by atoms with van der Waals surface area (Å²) < 4.78 is 19.4. The van der Waals surface area contributed by atoms with Gasteiger partial charge < -0.3 is 19.1 Å². The summed E-state index contributed by atoms with van der Waals surface area (Å²) in [5, 5.41) is 9.40. The topological polar surface area (TPSA) is 92.9 Å². The number of aromatic nitrogens is 2. The second-order valence-electron chi connectivity index (χ2n) is 10.2. The molecule has 9 nitrogen and oxygen atoms in total. The van der Waals surface area contributed by atoms with E-state index in [0.717, 1.165) is 61.1 Å². The number of methoxy groups -OCH3 is 1. The molecule has 1 fully saturated rings. The number of hydrogen-bond donors (Lipinski definition) is 0. The average Bonchev–Trinajstić information content (AvgIpc) is 3.50. The molecule has 4 bridgehead atoms. The maximum absolute atomic E-state index is 13.8. The summed E-state index contributed by atoms with van der Waals surface area (Å²) in [6.45, 7) is 4.96. The highest BCUT2D eigenvalue weighted by atomic mass is 16.5. The largest absolute Gasteiger partial charge is 0.493 e. The molecule has 0 aliphatic carbocycles. The fourth-order valence-electron chi connectivity index (χ4n) is 5.38. The summed E-state index contributed by atoms with van der Waals surface area (Å²) >= 11 is 0. The molecule has 4 aromatic rings. The van der Waals surface area contributed by atoms with Gasteiger partial charge in [0.1, 0.15) is 12.4 Å². The third-order valence-corrected chi connectivity index (χ3v) is 7.41. The van der Waals surface area contributed by atoms with E-state index in [1.165, 1.54) is 0 Å². The Kier molecular flexibility index (Phi) is 7.67. The van der Waals surface area contributed by atoms with Crippen molar-refractivity contribution >= 4 is 5.91 Å². The number of carbonyl (C=O) groups is 1. The lowest BCUT2D eigenvalue weighted by atomic mass is 10.1. The van der Waals surface area contributed by atoms with Crippen molar-refractivity contribution in [2.24, 2.45) is 0 Å². The number of nitrogens with zero attached hydrogens (tertiary/aromatic N) is 5. The van der Waals surface area contributed by atoms with E-state index in [2.05, 4.69) is 38.7 Å².